The molecule has 9 nitrogen and oxygen atoms in total. The Labute approximate surface area is 264 Å². The van der Waals surface area contributed by atoms with Gasteiger partial charge in [0, 0.05) is 22.1 Å². The molecule has 0 saturated heterocycles. The molecule has 2 aliphatic heterocycles. The van der Waals surface area contributed by atoms with Crippen LogP contribution in [-0.2, 0) is 5.60 Å². The number of alkyl halides is 4. The monoisotopic (exact) mass is 659 g/mol. The van der Waals surface area contributed by atoms with Crippen molar-refractivity contribution in [2.24, 2.45) is 5.92 Å². The molecule has 2 aromatic carbocycles. The van der Waals surface area contributed by atoms with E-state index < -0.39 is 30.1 Å². The number of nitrogens with one attached hydrogen (secondary N) is 1. The predicted octanol–water partition coefficient (Wildman–Crippen LogP) is 6.36. The molecule has 46 heavy (non-hydrogen) atoms. The third-order valence-electron chi connectivity index (χ3n) is 8.50. The number of aryl methyl sites for hydroxylation is 1. The van der Waals surface area contributed by atoms with Gasteiger partial charge in [-0.15, -0.1) is 8.78 Å². The van der Waals surface area contributed by atoms with Gasteiger partial charge in [-0.2, -0.15) is 0 Å². The third kappa shape index (κ3) is 5.20. The highest BCUT2D eigenvalue weighted by molar-refractivity contribution is 6.31. The summed E-state index contributed by atoms with van der Waals surface area (Å²) in [4.78, 5) is 22.5. The minimum Gasteiger partial charge on any atom is -0.494 e. The Balaban J connectivity index is 1.25. The van der Waals surface area contributed by atoms with Gasteiger partial charge < -0.3 is 29.4 Å². The van der Waals surface area contributed by atoms with Gasteiger partial charge >= 0.3 is 6.29 Å². The van der Waals surface area contributed by atoms with Crippen molar-refractivity contribution >= 4 is 28.4 Å². The van der Waals surface area contributed by atoms with Crippen LogP contribution in [0.4, 0.5) is 17.6 Å². The first kappa shape index (κ1) is 30.3. The third-order valence-corrected chi connectivity index (χ3v) is 8.88. The number of halogens is 5. The molecule has 14 heteroatoms. The summed E-state index contributed by atoms with van der Waals surface area (Å²) in [7, 11) is 1.45. The molecule has 240 valence electrons. The van der Waals surface area contributed by atoms with Gasteiger partial charge in [0.05, 0.1) is 36.0 Å². The molecule has 3 aliphatic rings. The largest absolute Gasteiger partial charge is 0.586 e. The quantitative estimate of drug-likeness (QED) is 0.210. The van der Waals surface area contributed by atoms with Crippen LogP contribution >= 0.6 is 11.6 Å². The topological polar surface area (TPSA) is 112 Å². The summed E-state index contributed by atoms with van der Waals surface area (Å²) in [6, 6.07) is 10.1. The second kappa shape index (κ2) is 10.9. The number of fused-ring (bicyclic) bond motifs is 3. The summed E-state index contributed by atoms with van der Waals surface area (Å²) in [6.45, 7) is 1.11. The molecule has 4 aromatic rings. The maximum atomic E-state index is 14.1. The van der Waals surface area contributed by atoms with Gasteiger partial charge in [-0.3, -0.25) is 4.79 Å². The lowest BCUT2D eigenvalue weighted by molar-refractivity contribution is -0.286. The Kier molecular flexibility index (Phi) is 7.16. The zero-order valence-corrected chi connectivity index (χ0v) is 25.1. The average Bonchev–Trinajstić information content (AvgIpc) is 3.71. The number of nitrogens with zero attached hydrogens (tertiary/aromatic N) is 2. The van der Waals surface area contributed by atoms with E-state index in [1.807, 2.05) is 0 Å². The predicted molar refractivity (Wildman–Crippen MR) is 157 cm³/mol. The second-order valence-corrected chi connectivity index (χ2v) is 11.9. The summed E-state index contributed by atoms with van der Waals surface area (Å²) in [5, 5.41) is 15.9. The van der Waals surface area contributed by atoms with Crippen LogP contribution in [0.1, 0.15) is 46.1 Å². The SMILES string of the molecule is COc1cc(C(=O)NC[C@](O)(c2cc3c(c(-c4ccc5c(c4)OC(F)(F)O5)n2)OC[C@H]3C(F)F)C2CC2)cc2cc(Cl)c(C)nc12. The van der Waals surface area contributed by atoms with Crippen LogP contribution in [-0.4, -0.2) is 54.0 Å². The minimum absolute atomic E-state index is 0.0331. The summed E-state index contributed by atoms with van der Waals surface area (Å²) in [5.74, 6) is -2.27. The molecular weight excluding hydrogens is 634 g/mol. The molecule has 2 atom stereocenters. The highest BCUT2D eigenvalue weighted by Gasteiger charge is 2.48. The van der Waals surface area contributed by atoms with Crippen molar-refractivity contribution in [3.63, 3.8) is 0 Å². The van der Waals surface area contributed by atoms with Crippen molar-refractivity contribution < 1.29 is 46.4 Å². The van der Waals surface area contributed by atoms with Gasteiger partial charge in [-0.1, -0.05) is 11.6 Å². The van der Waals surface area contributed by atoms with Gasteiger partial charge in [0.25, 0.3) is 5.91 Å². The average molecular weight is 660 g/mol. The normalized spacial score (nSPS) is 19.1. The van der Waals surface area contributed by atoms with E-state index in [-0.39, 0.29) is 64.4 Å². The molecule has 2 aromatic heterocycles. The lowest BCUT2D eigenvalue weighted by atomic mass is 9.89. The lowest BCUT2D eigenvalue weighted by Gasteiger charge is -2.29. The number of carbonyl (C=O) groups excluding carboxylic acids is 1. The van der Waals surface area contributed by atoms with Crippen LogP contribution in [0.25, 0.3) is 22.2 Å². The highest BCUT2D eigenvalue weighted by Crippen LogP contribution is 2.51. The first-order valence-electron chi connectivity index (χ1n) is 14.4. The van der Waals surface area contributed by atoms with Crippen LogP contribution in [0.3, 0.4) is 0 Å². The van der Waals surface area contributed by atoms with E-state index in [0.717, 1.165) is 0 Å². The Morgan fingerprint density at radius 1 is 1.15 bits per heavy atom. The molecule has 1 fully saturated rings. The van der Waals surface area contributed by atoms with Crippen LogP contribution < -0.4 is 24.3 Å². The fourth-order valence-electron chi connectivity index (χ4n) is 5.90. The minimum atomic E-state index is -3.86. The van der Waals surface area contributed by atoms with Crippen LogP contribution in [0.5, 0.6) is 23.0 Å². The summed E-state index contributed by atoms with van der Waals surface area (Å²) >= 11 is 6.27. The number of benzene rings is 2. The number of methoxy groups -OCH3 is 1. The summed E-state index contributed by atoms with van der Waals surface area (Å²) < 4.78 is 75.9. The second-order valence-electron chi connectivity index (χ2n) is 11.5. The van der Waals surface area contributed by atoms with Crippen LogP contribution in [0.2, 0.25) is 5.02 Å². The van der Waals surface area contributed by atoms with E-state index in [4.69, 9.17) is 21.1 Å². The van der Waals surface area contributed by atoms with Gasteiger partial charge in [0.15, 0.2) is 11.5 Å². The highest BCUT2D eigenvalue weighted by atomic mass is 35.5. The van der Waals surface area contributed by atoms with Crippen molar-refractivity contribution in [2.75, 3.05) is 20.3 Å². The van der Waals surface area contributed by atoms with E-state index in [1.54, 1.807) is 19.1 Å². The van der Waals surface area contributed by atoms with Gasteiger partial charge in [0.1, 0.15) is 34.9 Å². The smallest absolute Gasteiger partial charge is 0.494 e. The van der Waals surface area contributed by atoms with Gasteiger partial charge in [0.2, 0.25) is 6.43 Å². The molecule has 0 bridgehead atoms. The molecular formula is C32H26ClF4N3O6. The number of pyridine rings is 2. The van der Waals surface area contributed by atoms with Crippen molar-refractivity contribution in [1.29, 1.82) is 0 Å². The molecule has 7 rings (SSSR count). The number of rotatable bonds is 8. The maximum Gasteiger partial charge on any atom is 0.586 e. The number of hydrogen-bond acceptors (Lipinski definition) is 8. The van der Waals surface area contributed by atoms with E-state index in [9.17, 15) is 27.5 Å². The van der Waals surface area contributed by atoms with Crippen molar-refractivity contribution in [3.8, 4) is 34.3 Å². The van der Waals surface area contributed by atoms with Crippen LogP contribution in [0.15, 0.2) is 42.5 Å². The Hall–Kier alpha value is -4.36. The fourth-order valence-corrected chi connectivity index (χ4v) is 6.05. The Morgan fingerprint density at radius 2 is 1.91 bits per heavy atom. The van der Waals surface area contributed by atoms with Crippen molar-refractivity contribution in [1.82, 2.24) is 15.3 Å². The molecule has 2 N–H and O–H groups in total. The number of hydrogen-bond donors (Lipinski definition) is 2. The van der Waals surface area contributed by atoms with E-state index in [2.05, 4.69) is 24.8 Å². The number of aliphatic hydroxyl groups is 1. The van der Waals surface area contributed by atoms with Gasteiger partial charge in [-0.25, -0.2) is 18.7 Å². The van der Waals surface area contributed by atoms with E-state index in [0.29, 0.717) is 40.2 Å². The van der Waals surface area contributed by atoms with Crippen molar-refractivity contribution in [3.05, 3.63) is 70.0 Å². The zero-order chi connectivity index (χ0) is 32.5. The first-order chi connectivity index (χ1) is 21.9. The molecule has 4 heterocycles. The Bertz CT molecular complexity index is 1910. The van der Waals surface area contributed by atoms with Crippen LogP contribution in [0, 0.1) is 12.8 Å². The molecule has 0 spiro atoms. The van der Waals surface area contributed by atoms with E-state index in [1.165, 1.54) is 37.4 Å². The van der Waals surface area contributed by atoms with E-state index >= 15 is 0 Å². The molecule has 1 amide bonds. The fraction of sp³-hybridized carbons (Fsp3) is 0.344. The summed E-state index contributed by atoms with van der Waals surface area (Å²) in [6.07, 6.45) is -5.46. The summed E-state index contributed by atoms with van der Waals surface area (Å²) in [5.41, 5.74) is -0.00112. The maximum absolute atomic E-state index is 14.1. The number of amides is 1. The molecule has 1 aliphatic carbocycles. The lowest BCUT2D eigenvalue weighted by Crippen LogP contribution is -2.43. The standard InChI is InChI=1S/C32H26ClF4N3O6/c1-14-21(33)8-16-7-17(10-24(43-2)26(16)39-14)30(41)38-13-31(42,18-4-5-18)25-11-19-20(29(34)35)12-44-28(19)27(40-25)15-3-6-22-23(9-15)46-32(36,37)45-22/h3,6-11,18,20,29,42H,4-5,12-13H2,1-2H3,(H,38,41)/t20-,31-/m1/s1. The van der Waals surface area contributed by atoms with Crippen molar-refractivity contribution in [2.45, 2.75) is 44.0 Å². The molecule has 0 unspecified atom stereocenters. The number of aromatic nitrogens is 2. The first-order valence-corrected chi connectivity index (χ1v) is 14.8. The number of carbonyl (C=O) groups is 1. The molecule has 0 radical (unpaired) electrons. The Morgan fingerprint density at radius 3 is 2.63 bits per heavy atom. The zero-order valence-electron chi connectivity index (χ0n) is 24.4. The number of ether oxygens (including phenoxy) is 4. The molecule has 1 saturated carbocycles. The van der Waals surface area contributed by atoms with Gasteiger partial charge in [-0.05, 0) is 68.1 Å².